The Bertz CT molecular complexity index is 427. The Morgan fingerprint density at radius 3 is 2.54 bits per heavy atom. The van der Waals surface area contributed by atoms with Crippen LogP contribution in [0.2, 0.25) is 0 Å². The predicted molar refractivity (Wildman–Crippen MR) is 57.4 cm³/mol. The van der Waals surface area contributed by atoms with Crippen molar-refractivity contribution in [3.8, 4) is 11.6 Å². The van der Waals surface area contributed by atoms with Crippen LogP contribution in [-0.2, 0) is 0 Å². The number of H-pyrrole nitrogens is 1. The Hall–Kier alpha value is -0.680. The summed E-state index contributed by atoms with van der Waals surface area (Å²) in [4.78, 5) is 3.04. The summed E-state index contributed by atoms with van der Waals surface area (Å²) in [6, 6.07) is 7.76. The third-order valence-electron chi connectivity index (χ3n) is 1.78. The molecule has 3 nitrogen and oxygen atoms in total. The molecule has 68 valence electrons. The highest BCUT2D eigenvalue weighted by Crippen LogP contribution is 2.37. The lowest BCUT2D eigenvalue weighted by molar-refractivity contribution is 0.591. The van der Waals surface area contributed by atoms with E-state index in [2.05, 4.69) is 37.5 Å². The van der Waals surface area contributed by atoms with Crippen LogP contribution in [-0.4, -0.2) is 4.98 Å². The van der Waals surface area contributed by atoms with Gasteiger partial charge >= 0.3 is 0 Å². The topological polar surface area (TPSA) is 34.2 Å². The molecule has 5 heteroatoms. The minimum absolute atomic E-state index is 0.540. The second-order valence-electron chi connectivity index (χ2n) is 2.48. The molecule has 13 heavy (non-hydrogen) atoms. The molecular weight excluding hydrogens is 302 g/mol. The van der Waals surface area contributed by atoms with Gasteiger partial charge in [0.25, 0.3) is 5.88 Å². The first kappa shape index (κ1) is 8.90. The molecule has 0 atom stereocenters. The molecule has 1 heterocycles. The van der Waals surface area contributed by atoms with Crippen LogP contribution in [0.3, 0.4) is 0 Å². The molecule has 0 radical (unpaired) electrons. The molecule has 0 aliphatic carbocycles. The summed E-state index contributed by atoms with van der Waals surface area (Å²) in [5, 5.41) is 0.967. The summed E-state index contributed by atoms with van der Waals surface area (Å²) in [6.07, 6.45) is 0. The monoisotopic (exact) mass is 305 g/mol. The second-order valence-corrected chi connectivity index (χ2v) is 3.13. The fourth-order valence-electron chi connectivity index (χ4n) is 1.22. The third-order valence-corrected chi connectivity index (χ3v) is 2.43. The lowest BCUT2D eigenvalue weighted by Gasteiger charge is -1.95. The number of hydrogen-bond acceptors (Lipinski definition) is 2. The molecule has 0 amide bonds. The highest BCUT2D eigenvalue weighted by atomic mass is 79.9. The van der Waals surface area contributed by atoms with E-state index in [0.717, 1.165) is 10.9 Å². The molecule has 0 aliphatic heterocycles. The normalized spacial score (nSPS) is 10.3. The minimum Gasteiger partial charge on any atom is -0.412 e. The number of nitrogens with one attached hydrogen (secondary N) is 1. The molecule has 0 fully saturated rings. The molecule has 0 aliphatic rings. The fraction of sp³-hybridized carbons (Fsp3) is 0. The van der Waals surface area contributed by atoms with Crippen LogP contribution in [0.25, 0.3) is 10.9 Å². The zero-order valence-electron chi connectivity index (χ0n) is 6.38. The van der Waals surface area contributed by atoms with Gasteiger partial charge in [0, 0.05) is 5.39 Å². The number of hydrogen-bond donors (Lipinski definition) is 1. The van der Waals surface area contributed by atoms with Gasteiger partial charge in [-0.05, 0) is 12.1 Å². The summed E-state index contributed by atoms with van der Waals surface area (Å²) in [7, 11) is 0. The lowest BCUT2D eigenvalue weighted by Crippen LogP contribution is -1.76. The molecule has 2 rings (SSSR count). The Morgan fingerprint density at radius 1 is 1.08 bits per heavy atom. The standard InChI is InChI=1S/C8H5Br2NO2/c9-12-7-5-3-1-2-4-6(5)11-8(7)13-10/h1-4,11H. The molecule has 1 N–H and O–H groups in total. The number of benzene rings is 1. The Kier molecular flexibility index (Phi) is 2.46. The summed E-state index contributed by atoms with van der Waals surface area (Å²) < 4.78 is 9.94. The van der Waals surface area contributed by atoms with Gasteiger partial charge in [0.2, 0.25) is 5.75 Å². The summed E-state index contributed by atoms with van der Waals surface area (Å²) in [6.45, 7) is 0. The summed E-state index contributed by atoms with van der Waals surface area (Å²) in [5.74, 6) is 1.17. The van der Waals surface area contributed by atoms with E-state index in [9.17, 15) is 0 Å². The zero-order chi connectivity index (χ0) is 9.26. The van der Waals surface area contributed by atoms with Crippen molar-refractivity contribution in [3.05, 3.63) is 24.3 Å². The van der Waals surface area contributed by atoms with Crippen molar-refractivity contribution in [1.29, 1.82) is 0 Å². The van der Waals surface area contributed by atoms with Crippen LogP contribution in [0.5, 0.6) is 11.6 Å². The third kappa shape index (κ3) is 1.42. The zero-order valence-corrected chi connectivity index (χ0v) is 9.55. The first-order valence-corrected chi connectivity index (χ1v) is 4.84. The molecule has 1 aromatic carbocycles. The van der Waals surface area contributed by atoms with Crippen molar-refractivity contribution < 1.29 is 7.66 Å². The number of fused-ring (bicyclic) bond motifs is 1. The lowest BCUT2D eigenvalue weighted by atomic mass is 10.2. The number of aromatic nitrogens is 1. The number of aromatic amines is 1. The van der Waals surface area contributed by atoms with E-state index in [0.29, 0.717) is 11.6 Å². The smallest absolute Gasteiger partial charge is 0.250 e. The number of para-hydroxylation sites is 1. The molecule has 2 aromatic rings. The first-order valence-electron chi connectivity index (χ1n) is 3.54. The van der Waals surface area contributed by atoms with Crippen molar-refractivity contribution in [3.63, 3.8) is 0 Å². The molecule has 0 bridgehead atoms. The van der Waals surface area contributed by atoms with Gasteiger partial charge in [-0.15, -0.1) is 0 Å². The number of rotatable bonds is 2. The SMILES string of the molecule is BrOc1[nH]c2ccccc2c1OBr. The van der Waals surface area contributed by atoms with Gasteiger partial charge in [-0.3, -0.25) is 0 Å². The Balaban J connectivity index is 2.73. The maximum absolute atomic E-state index is 5.02. The number of halogens is 2. The summed E-state index contributed by atoms with van der Waals surface area (Å²) >= 11 is 5.82. The average Bonchev–Trinajstić information content (AvgIpc) is 2.55. The molecular formula is C8H5Br2NO2. The van der Waals surface area contributed by atoms with Gasteiger partial charge in [-0.2, -0.15) is 0 Å². The fourth-order valence-corrected chi connectivity index (χ4v) is 1.77. The maximum Gasteiger partial charge on any atom is 0.250 e. The van der Waals surface area contributed by atoms with Crippen molar-refractivity contribution in [2.45, 2.75) is 0 Å². The molecule has 0 unspecified atom stereocenters. The van der Waals surface area contributed by atoms with E-state index < -0.39 is 0 Å². The van der Waals surface area contributed by atoms with Crippen molar-refractivity contribution in [1.82, 2.24) is 4.98 Å². The molecule has 1 aromatic heterocycles. The van der Waals surface area contributed by atoms with Crippen LogP contribution >= 0.6 is 32.5 Å². The van der Waals surface area contributed by atoms with Crippen molar-refractivity contribution in [2.75, 3.05) is 0 Å². The quantitative estimate of drug-likeness (QED) is 0.921. The summed E-state index contributed by atoms with van der Waals surface area (Å²) in [5.41, 5.74) is 0.964. The van der Waals surface area contributed by atoms with Crippen LogP contribution < -0.4 is 7.66 Å². The average molecular weight is 307 g/mol. The maximum atomic E-state index is 5.02. The van der Waals surface area contributed by atoms with Crippen molar-refractivity contribution >= 4 is 43.4 Å². The predicted octanol–water partition coefficient (Wildman–Crippen LogP) is 3.55. The molecule has 0 saturated heterocycles. The first-order chi connectivity index (χ1) is 6.36. The molecule has 0 spiro atoms. The van der Waals surface area contributed by atoms with E-state index in [1.54, 1.807) is 0 Å². The van der Waals surface area contributed by atoms with Crippen molar-refractivity contribution in [2.24, 2.45) is 0 Å². The van der Waals surface area contributed by atoms with Crippen LogP contribution in [0.15, 0.2) is 24.3 Å². The van der Waals surface area contributed by atoms with Gasteiger partial charge in [0.1, 0.15) is 0 Å². The molecule has 0 saturated carbocycles. The van der Waals surface area contributed by atoms with Gasteiger partial charge in [-0.1, -0.05) is 12.1 Å². The highest BCUT2D eigenvalue weighted by molar-refractivity contribution is 9.06. The van der Waals surface area contributed by atoms with Crippen LogP contribution in [0.1, 0.15) is 0 Å². The minimum atomic E-state index is 0.540. The Morgan fingerprint density at radius 2 is 1.85 bits per heavy atom. The van der Waals surface area contributed by atoms with E-state index in [1.165, 1.54) is 0 Å². The van der Waals surface area contributed by atoms with Gasteiger partial charge in [0.15, 0.2) is 32.5 Å². The van der Waals surface area contributed by atoms with Gasteiger partial charge in [-0.25, -0.2) is 0 Å². The van der Waals surface area contributed by atoms with E-state index in [1.807, 2.05) is 24.3 Å². The van der Waals surface area contributed by atoms with Crippen LogP contribution in [0.4, 0.5) is 0 Å². The van der Waals surface area contributed by atoms with Gasteiger partial charge < -0.3 is 12.6 Å². The largest absolute Gasteiger partial charge is 0.412 e. The second kappa shape index (κ2) is 3.59. The van der Waals surface area contributed by atoms with E-state index in [4.69, 9.17) is 7.66 Å². The van der Waals surface area contributed by atoms with E-state index >= 15 is 0 Å². The highest BCUT2D eigenvalue weighted by Gasteiger charge is 2.12. The Labute approximate surface area is 91.9 Å². The van der Waals surface area contributed by atoms with Crippen LogP contribution in [0, 0.1) is 0 Å². The van der Waals surface area contributed by atoms with Gasteiger partial charge in [0.05, 0.1) is 5.52 Å². The van der Waals surface area contributed by atoms with E-state index in [-0.39, 0.29) is 0 Å².